The molecule has 3 rings (SSSR count). The molecule has 0 bridgehead atoms. The van der Waals surface area contributed by atoms with Gasteiger partial charge in [0.05, 0.1) is 12.2 Å². The molecule has 0 atom stereocenters. The first-order valence-electron chi connectivity index (χ1n) is 10.7. The van der Waals surface area contributed by atoms with Gasteiger partial charge in [0.25, 0.3) is 0 Å². The SMILES string of the molecule is CC(C)C1CC2(CCC(OP(=O)(O)O)CC2)N(O)C2(CCC(OP(=O)(O)O)CC2)C1. The van der Waals surface area contributed by atoms with Gasteiger partial charge < -0.3 is 24.8 Å². The zero-order chi connectivity index (χ0) is 22.4. The highest BCUT2D eigenvalue weighted by molar-refractivity contribution is 7.46. The van der Waals surface area contributed by atoms with Gasteiger partial charge >= 0.3 is 15.6 Å². The highest BCUT2D eigenvalue weighted by Gasteiger charge is 2.56. The summed E-state index contributed by atoms with van der Waals surface area (Å²) < 4.78 is 32.2. The fraction of sp³-hybridized carbons (Fsp3) is 1.00. The summed E-state index contributed by atoms with van der Waals surface area (Å²) in [6.07, 6.45) is 4.79. The largest absolute Gasteiger partial charge is 0.469 e. The van der Waals surface area contributed by atoms with Crippen LogP contribution in [0.15, 0.2) is 0 Å². The standard InChI is InChI=1S/C18H35NO9P2/c1-13(2)14-11-17(7-3-15(4-8-17)27-29(21,22)23)19(20)18(12-14)9-5-16(6-10-18)28-30(24,25)26/h13-16,20H,3-12H2,1-2H3,(H2,21,22,23)(H2,24,25,26). The first-order chi connectivity index (χ1) is 13.7. The number of hydrogen-bond donors (Lipinski definition) is 5. The first-order valence-corrected chi connectivity index (χ1v) is 13.8. The van der Waals surface area contributed by atoms with Crippen molar-refractivity contribution in [3.8, 4) is 0 Å². The number of hydrogen-bond acceptors (Lipinski definition) is 6. The minimum absolute atomic E-state index is 0.381. The summed E-state index contributed by atoms with van der Waals surface area (Å²) in [5, 5.41) is 13.0. The Bertz CT molecular complexity index is 636. The van der Waals surface area contributed by atoms with Crippen molar-refractivity contribution in [1.29, 1.82) is 0 Å². The van der Waals surface area contributed by atoms with E-state index in [1.807, 2.05) is 0 Å². The summed E-state index contributed by atoms with van der Waals surface area (Å²) in [5.74, 6) is 0.799. The Morgan fingerprint density at radius 2 is 1.13 bits per heavy atom. The lowest BCUT2D eigenvalue weighted by Crippen LogP contribution is -2.66. The van der Waals surface area contributed by atoms with Gasteiger partial charge in [0, 0.05) is 11.1 Å². The van der Waals surface area contributed by atoms with E-state index >= 15 is 0 Å². The average Bonchev–Trinajstić information content (AvgIpc) is 2.61. The molecule has 2 saturated carbocycles. The van der Waals surface area contributed by atoms with Crippen molar-refractivity contribution in [2.75, 3.05) is 0 Å². The maximum Gasteiger partial charge on any atom is 0.469 e. The zero-order valence-corrected chi connectivity index (χ0v) is 19.4. The van der Waals surface area contributed by atoms with Crippen LogP contribution in [0.1, 0.15) is 78.1 Å². The Labute approximate surface area is 177 Å². The van der Waals surface area contributed by atoms with Crippen LogP contribution in [0.3, 0.4) is 0 Å². The first kappa shape index (κ1) is 24.8. The van der Waals surface area contributed by atoms with Gasteiger partial charge in [-0.2, -0.15) is 5.06 Å². The number of piperidine rings is 1. The topological polar surface area (TPSA) is 157 Å². The molecule has 2 spiro atoms. The average molecular weight is 471 g/mol. The van der Waals surface area contributed by atoms with E-state index in [4.69, 9.17) is 28.6 Å². The number of hydroxylamine groups is 2. The second kappa shape index (κ2) is 8.82. The van der Waals surface area contributed by atoms with Crippen molar-refractivity contribution in [3.05, 3.63) is 0 Å². The summed E-state index contributed by atoms with van der Waals surface area (Å²) in [6, 6.07) is 0. The Kier molecular flexibility index (Phi) is 7.29. The molecule has 0 aromatic heterocycles. The quantitative estimate of drug-likeness (QED) is 0.377. The number of phosphoric ester groups is 2. The lowest BCUT2D eigenvalue weighted by atomic mass is 9.61. The van der Waals surface area contributed by atoms with Crippen LogP contribution in [0.25, 0.3) is 0 Å². The highest BCUT2D eigenvalue weighted by atomic mass is 31.2. The third-order valence-electron chi connectivity index (χ3n) is 7.43. The van der Waals surface area contributed by atoms with Crippen molar-refractivity contribution in [2.45, 2.75) is 101 Å². The minimum atomic E-state index is -4.54. The summed E-state index contributed by atoms with van der Waals surface area (Å²) in [4.78, 5) is 36.4. The molecule has 0 radical (unpaired) electrons. The molecule has 1 saturated heterocycles. The predicted molar refractivity (Wildman–Crippen MR) is 107 cm³/mol. The van der Waals surface area contributed by atoms with Crippen LogP contribution in [0.2, 0.25) is 0 Å². The van der Waals surface area contributed by atoms with Crippen molar-refractivity contribution in [3.63, 3.8) is 0 Å². The lowest BCUT2D eigenvalue weighted by Gasteiger charge is -2.60. The van der Waals surface area contributed by atoms with Crippen molar-refractivity contribution >= 4 is 15.6 Å². The molecule has 30 heavy (non-hydrogen) atoms. The van der Waals surface area contributed by atoms with Crippen LogP contribution in [0.5, 0.6) is 0 Å². The smallest absolute Gasteiger partial charge is 0.313 e. The van der Waals surface area contributed by atoms with Crippen LogP contribution in [-0.2, 0) is 18.2 Å². The molecule has 0 aromatic carbocycles. The van der Waals surface area contributed by atoms with E-state index in [-0.39, 0.29) is 0 Å². The zero-order valence-electron chi connectivity index (χ0n) is 17.6. The molecule has 1 heterocycles. The van der Waals surface area contributed by atoms with Gasteiger partial charge in [-0.25, -0.2) is 9.13 Å². The molecule has 10 nitrogen and oxygen atoms in total. The second-order valence-corrected chi connectivity index (χ2v) is 12.1. The van der Waals surface area contributed by atoms with Crippen molar-refractivity contribution in [2.24, 2.45) is 11.8 Å². The normalized spacial score (nSPS) is 39.1. The van der Waals surface area contributed by atoms with E-state index < -0.39 is 38.9 Å². The Balaban J connectivity index is 1.75. The Morgan fingerprint density at radius 3 is 1.40 bits per heavy atom. The maximum atomic E-state index is 11.4. The summed E-state index contributed by atoms with van der Waals surface area (Å²) in [7, 11) is -9.08. The van der Waals surface area contributed by atoms with Gasteiger partial charge in [-0.15, -0.1) is 0 Å². The highest BCUT2D eigenvalue weighted by Crippen LogP contribution is 2.55. The third-order valence-corrected chi connectivity index (χ3v) is 8.57. The molecule has 3 aliphatic rings. The van der Waals surface area contributed by atoms with Crippen LogP contribution in [-0.4, -0.2) is 53.1 Å². The molecule has 176 valence electrons. The molecule has 0 amide bonds. The molecule has 3 fully saturated rings. The Hall–Kier alpha value is 0.140. The van der Waals surface area contributed by atoms with E-state index in [0.717, 1.165) is 12.8 Å². The van der Waals surface area contributed by atoms with Crippen LogP contribution in [0, 0.1) is 11.8 Å². The van der Waals surface area contributed by atoms with Crippen molar-refractivity contribution in [1.82, 2.24) is 5.06 Å². The molecule has 12 heteroatoms. The van der Waals surface area contributed by atoms with Crippen LogP contribution >= 0.6 is 15.6 Å². The maximum absolute atomic E-state index is 11.4. The summed E-state index contributed by atoms with van der Waals surface area (Å²) in [5.41, 5.74) is -0.947. The molecule has 0 aromatic rings. The van der Waals surface area contributed by atoms with Gasteiger partial charge in [-0.3, -0.25) is 9.05 Å². The van der Waals surface area contributed by atoms with Crippen LogP contribution < -0.4 is 0 Å². The summed E-state index contributed by atoms with van der Waals surface area (Å²) >= 11 is 0. The van der Waals surface area contributed by atoms with Gasteiger partial charge in [0.1, 0.15) is 0 Å². The number of phosphoric acid groups is 2. The van der Waals surface area contributed by atoms with E-state index in [2.05, 4.69) is 13.8 Å². The summed E-state index contributed by atoms with van der Waals surface area (Å²) in [6.45, 7) is 4.34. The van der Waals surface area contributed by atoms with E-state index in [1.54, 1.807) is 0 Å². The van der Waals surface area contributed by atoms with Gasteiger partial charge in [-0.1, -0.05) is 13.8 Å². The van der Waals surface area contributed by atoms with Gasteiger partial charge in [-0.05, 0) is 76.0 Å². The fourth-order valence-electron chi connectivity index (χ4n) is 5.88. The lowest BCUT2D eigenvalue weighted by molar-refractivity contribution is -0.293. The fourth-order valence-corrected chi connectivity index (χ4v) is 7.08. The second-order valence-electron chi connectivity index (χ2n) is 9.76. The molecule has 5 N–H and O–H groups in total. The number of rotatable bonds is 5. The predicted octanol–water partition coefficient (Wildman–Crippen LogP) is 3.33. The van der Waals surface area contributed by atoms with Gasteiger partial charge in [0.2, 0.25) is 0 Å². The van der Waals surface area contributed by atoms with Crippen LogP contribution in [0.4, 0.5) is 0 Å². The number of nitrogens with zero attached hydrogens (tertiary/aromatic N) is 1. The molecular weight excluding hydrogens is 436 g/mol. The monoisotopic (exact) mass is 471 g/mol. The minimum Gasteiger partial charge on any atom is -0.313 e. The third kappa shape index (κ3) is 5.73. The van der Waals surface area contributed by atoms with E-state index in [0.29, 0.717) is 63.2 Å². The van der Waals surface area contributed by atoms with E-state index in [9.17, 15) is 14.3 Å². The van der Waals surface area contributed by atoms with Gasteiger partial charge in [0.15, 0.2) is 0 Å². The van der Waals surface area contributed by atoms with E-state index in [1.165, 1.54) is 5.06 Å². The van der Waals surface area contributed by atoms with Crippen molar-refractivity contribution < 1.29 is 43.0 Å². The molecule has 0 unspecified atom stereocenters. The molecule has 2 aliphatic carbocycles. The molecular formula is C18H35NO9P2. The Morgan fingerprint density at radius 1 is 0.800 bits per heavy atom. The molecule has 1 aliphatic heterocycles.